The van der Waals surface area contributed by atoms with E-state index in [9.17, 15) is 4.79 Å². The number of carbonyl (C=O) groups excluding carboxylic acids is 1. The van der Waals surface area contributed by atoms with E-state index in [-0.39, 0.29) is 30.8 Å². The maximum atomic E-state index is 11.8. The summed E-state index contributed by atoms with van der Waals surface area (Å²) >= 11 is 0. The molecule has 1 unspecified atom stereocenters. The van der Waals surface area contributed by atoms with Gasteiger partial charge in [-0.25, -0.2) is 0 Å². The predicted octanol–water partition coefficient (Wildman–Crippen LogP) is 1.82. The molecule has 6 nitrogen and oxygen atoms in total. The van der Waals surface area contributed by atoms with E-state index < -0.39 is 0 Å². The Morgan fingerprint density at radius 2 is 2.05 bits per heavy atom. The van der Waals surface area contributed by atoms with Crippen LogP contribution in [0, 0.1) is 0 Å². The standard InChI is InChI=1S/C14H22N2O4.ClH/c1-4-20-12-6-5-10(7-13(12)19-3)16-14(17)8-11(9-15)18-2;/h5-7,11H,4,8-9,15H2,1-3H3,(H,16,17);1H. The first kappa shape index (κ1) is 19.5. The molecule has 0 aromatic heterocycles. The van der Waals surface area contributed by atoms with Crippen LogP contribution in [0.4, 0.5) is 5.69 Å². The lowest BCUT2D eigenvalue weighted by molar-refractivity contribution is -0.118. The molecule has 1 atom stereocenters. The molecule has 0 fully saturated rings. The SMILES string of the molecule is CCOc1ccc(NC(=O)CC(CN)OC)cc1OC.Cl. The number of benzene rings is 1. The molecule has 7 heteroatoms. The van der Waals surface area contributed by atoms with Crippen molar-refractivity contribution in [3.05, 3.63) is 18.2 Å². The van der Waals surface area contributed by atoms with Crippen molar-refractivity contribution in [3.8, 4) is 11.5 Å². The third kappa shape index (κ3) is 6.20. The number of amides is 1. The largest absolute Gasteiger partial charge is 0.493 e. The Hall–Kier alpha value is -1.50. The van der Waals surface area contributed by atoms with E-state index in [4.69, 9.17) is 19.9 Å². The summed E-state index contributed by atoms with van der Waals surface area (Å²) in [5.41, 5.74) is 6.12. The van der Waals surface area contributed by atoms with Crippen LogP contribution in [-0.4, -0.2) is 39.4 Å². The van der Waals surface area contributed by atoms with Crippen molar-refractivity contribution in [3.63, 3.8) is 0 Å². The Balaban J connectivity index is 0.00000400. The van der Waals surface area contributed by atoms with Gasteiger partial charge in [-0.2, -0.15) is 0 Å². The van der Waals surface area contributed by atoms with Crippen LogP contribution < -0.4 is 20.5 Å². The van der Waals surface area contributed by atoms with Crippen LogP contribution in [-0.2, 0) is 9.53 Å². The number of hydrogen-bond acceptors (Lipinski definition) is 5. The van der Waals surface area contributed by atoms with Gasteiger partial charge in [-0.3, -0.25) is 4.79 Å². The molecule has 0 spiro atoms. The highest BCUT2D eigenvalue weighted by atomic mass is 35.5. The maximum Gasteiger partial charge on any atom is 0.227 e. The molecule has 0 aliphatic rings. The average molecular weight is 319 g/mol. The lowest BCUT2D eigenvalue weighted by Crippen LogP contribution is -2.28. The van der Waals surface area contributed by atoms with E-state index in [1.54, 1.807) is 25.3 Å². The second kappa shape index (κ2) is 10.3. The number of hydrogen-bond donors (Lipinski definition) is 2. The first-order chi connectivity index (χ1) is 9.64. The number of rotatable bonds is 8. The maximum absolute atomic E-state index is 11.8. The van der Waals surface area contributed by atoms with E-state index in [1.165, 1.54) is 7.11 Å². The van der Waals surface area contributed by atoms with Crippen molar-refractivity contribution >= 4 is 24.0 Å². The van der Waals surface area contributed by atoms with Crippen molar-refractivity contribution in [1.82, 2.24) is 0 Å². The Labute approximate surface area is 131 Å². The third-order valence-corrected chi connectivity index (χ3v) is 2.76. The van der Waals surface area contributed by atoms with Crippen LogP contribution >= 0.6 is 12.4 Å². The zero-order chi connectivity index (χ0) is 15.0. The Morgan fingerprint density at radius 3 is 2.57 bits per heavy atom. The van der Waals surface area contributed by atoms with Crippen molar-refractivity contribution in [2.45, 2.75) is 19.4 Å². The van der Waals surface area contributed by atoms with Gasteiger partial charge in [0.25, 0.3) is 0 Å². The lowest BCUT2D eigenvalue weighted by Gasteiger charge is -2.14. The molecular formula is C14H23ClN2O4. The van der Waals surface area contributed by atoms with Crippen LogP contribution in [0.15, 0.2) is 18.2 Å². The quantitative estimate of drug-likeness (QED) is 0.764. The Bertz CT molecular complexity index is 439. The summed E-state index contributed by atoms with van der Waals surface area (Å²) in [5.74, 6) is 1.06. The van der Waals surface area contributed by atoms with Gasteiger partial charge >= 0.3 is 0 Å². The molecule has 0 heterocycles. The highest BCUT2D eigenvalue weighted by Gasteiger charge is 2.12. The third-order valence-electron chi connectivity index (χ3n) is 2.76. The molecule has 1 amide bonds. The molecule has 120 valence electrons. The van der Waals surface area contributed by atoms with Gasteiger partial charge in [0, 0.05) is 25.4 Å². The first-order valence-electron chi connectivity index (χ1n) is 6.48. The Kier molecular flexibility index (Phi) is 9.53. The molecule has 21 heavy (non-hydrogen) atoms. The molecule has 0 aliphatic carbocycles. The lowest BCUT2D eigenvalue weighted by atomic mass is 10.2. The Morgan fingerprint density at radius 1 is 1.33 bits per heavy atom. The first-order valence-corrected chi connectivity index (χ1v) is 6.48. The second-order valence-corrected chi connectivity index (χ2v) is 4.14. The molecule has 0 bridgehead atoms. The van der Waals surface area contributed by atoms with Crippen molar-refractivity contribution in [1.29, 1.82) is 0 Å². The zero-order valence-corrected chi connectivity index (χ0v) is 13.4. The van der Waals surface area contributed by atoms with Gasteiger partial charge in [-0.1, -0.05) is 0 Å². The molecule has 0 aliphatic heterocycles. The topological polar surface area (TPSA) is 82.8 Å². The van der Waals surface area contributed by atoms with Gasteiger partial charge in [0.15, 0.2) is 11.5 Å². The number of anilines is 1. The summed E-state index contributed by atoms with van der Waals surface area (Å²) in [5, 5.41) is 2.78. The second-order valence-electron chi connectivity index (χ2n) is 4.14. The van der Waals surface area contributed by atoms with Gasteiger partial charge in [0.05, 0.1) is 26.2 Å². The monoisotopic (exact) mass is 318 g/mol. The smallest absolute Gasteiger partial charge is 0.227 e. The van der Waals surface area contributed by atoms with Crippen LogP contribution in [0.1, 0.15) is 13.3 Å². The number of nitrogens with one attached hydrogen (secondary N) is 1. The molecule has 1 aromatic rings. The van der Waals surface area contributed by atoms with E-state index >= 15 is 0 Å². The van der Waals surface area contributed by atoms with Crippen LogP contribution in [0.3, 0.4) is 0 Å². The fraction of sp³-hybridized carbons (Fsp3) is 0.500. The fourth-order valence-electron chi connectivity index (χ4n) is 1.70. The molecule has 0 saturated heterocycles. The normalized spacial score (nSPS) is 11.2. The predicted molar refractivity (Wildman–Crippen MR) is 84.5 cm³/mol. The molecule has 3 N–H and O–H groups in total. The van der Waals surface area contributed by atoms with Gasteiger partial charge in [0.1, 0.15) is 0 Å². The van der Waals surface area contributed by atoms with E-state index in [0.717, 1.165) is 0 Å². The highest BCUT2D eigenvalue weighted by Crippen LogP contribution is 2.30. The van der Waals surface area contributed by atoms with Gasteiger partial charge in [-0.15, -0.1) is 12.4 Å². The van der Waals surface area contributed by atoms with Crippen LogP contribution in [0.5, 0.6) is 11.5 Å². The summed E-state index contributed by atoms with van der Waals surface area (Å²) < 4.78 is 15.7. The minimum Gasteiger partial charge on any atom is -0.493 e. The number of carbonyl (C=O) groups is 1. The number of ether oxygens (including phenoxy) is 3. The molecular weight excluding hydrogens is 296 g/mol. The number of halogens is 1. The molecule has 0 radical (unpaired) electrons. The van der Waals surface area contributed by atoms with Crippen molar-refractivity contribution in [2.24, 2.45) is 5.73 Å². The fourth-order valence-corrected chi connectivity index (χ4v) is 1.70. The molecule has 1 rings (SSSR count). The summed E-state index contributed by atoms with van der Waals surface area (Å²) in [4.78, 5) is 11.8. The molecule has 0 saturated carbocycles. The summed E-state index contributed by atoms with van der Waals surface area (Å²) in [6, 6.07) is 5.23. The van der Waals surface area contributed by atoms with Gasteiger partial charge in [0.2, 0.25) is 5.91 Å². The summed E-state index contributed by atoms with van der Waals surface area (Å²) in [7, 11) is 3.09. The van der Waals surface area contributed by atoms with E-state index in [1.807, 2.05) is 6.92 Å². The number of methoxy groups -OCH3 is 2. The minimum absolute atomic E-state index is 0. The summed E-state index contributed by atoms with van der Waals surface area (Å²) in [6.07, 6.45) is -0.0673. The van der Waals surface area contributed by atoms with Gasteiger partial charge in [-0.05, 0) is 19.1 Å². The van der Waals surface area contributed by atoms with Crippen molar-refractivity contribution in [2.75, 3.05) is 32.7 Å². The van der Waals surface area contributed by atoms with E-state index in [0.29, 0.717) is 30.3 Å². The highest BCUT2D eigenvalue weighted by molar-refractivity contribution is 5.91. The van der Waals surface area contributed by atoms with Crippen molar-refractivity contribution < 1.29 is 19.0 Å². The minimum atomic E-state index is -0.278. The van der Waals surface area contributed by atoms with E-state index in [2.05, 4.69) is 5.32 Å². The summed E-state index contributed by atoms with van der Waals surface area (Å²) in [6.45, 7) is 2.75. The zero-order valence-electron chi connectivity index (χ0n) is 12.5. The average Bonchev–Trinajstić information content (AvgIpc) is 2.46. The van der Waals surface area contributed by atoms with Crippen LogP contribution in [0.2, 0.25) is 0 Å². The number of nitrogens with two attached hydrogens (primary N) is 1. The van der Waals surface area contributed by atoms with Crippen LogP contribution in [0.25, 0.3) is 0 Å². The van der Waals surface area contributed by atoms with Gasteiger partial charge < -0.3 is 25.3 Å². The molecule has 1 aromatic carbocycles.